The van der Waals surface area contributed by atoms with Gasteiger partial charge in [-0.25, -0.2) is 0 Å². The summed E-state index contributed by atoms with van der Waals surface area (Å²) in [6, 6.07) is 0. The average molecular weight is 548 g/mol. The van der Waals surface area contributed by atoms with Gasteiger partial charge < -0.3 is 85.2 Å². The zero-order valence-electron chi connectivity index (χ0n) is 19.7. The van der Waals surface area contributed by atoms with Crippen LogP contribution in [0.3, 0.4) is 0 Å². The summed E-state index contributed by atoms with van der Waals surface area (Å²) in [5.74, 6) is 0. The molecule has 3 aliphatic rings. The molecule has 0 unspecified atom stereocenters. The van der Waals surface area contributed by atoms with E-state index in [0.717, 1.165) is 0 Å². The van der Waals surface area contributed by atoms with Crippen LogP contribution in [0.2, 0.25) is 0 Å². The minimum absolute atomic E-state index is 0.0111. The molecule has 0 saturated carbocycles. The molecule has 17 nitrogen and oxygen atoms in total. The fourth-order valence-corrected chi connectivity index (χ4v) is 4.37. The van der Waals surface area contributed by atoms with Crippen LogP contribution in [-0.4, -0.2) is 176 Å². The lowest BCUT2D eigenvalue weighted by Gasteiger charge is -2.48. The average Bonchev–Trinajstić information content (AvgIpc) is 2.90. The van der Waals surface area contributed by atoms with Crippen molar-refractivity contribution in [2.24, 2.45) is 5.73 Å². The van der Waals surface area contributed by atoms with Crippen LogP contribution in [0, 0.1) is 0 Å². The zero-order valence-corrected chi connectivity index (χ0v) is 19.7. The summed E-state index contributed by atoms with van der Waals surface area (Å²) in [6.45, 7) is -2.16. The first kappa shape index (κ1) is 30.9. The maximum absolute atomic E-state index is 10.7. The van der Waals surface area contributed by atoms with Gasteiger partial charge in [-0.15, -0.1) is 0 Å². The lowest BCUT2D eigenvalue weighted by molar-refractivity contribution is -0.379. The number of ether oxygens (including phenoxy) is 6. The number of hydrogen-bond donors (Lipinski definition) is 11. The van der Waals surface area contributed by atoms with Gasteiger partial charge in [0.1, 0.15) is 73.2 Å². The van der Waals surface area contributed by atoms with Crippen molar-refractivity contribution in [3.05, 3.63) is 0 Å². The van der Waals surface area contributed by atoms with E-state index in [4.69, 9.17) is 34.2 Å². The van der Waals surface area contributed by atoms with Crippen molar-refractivity contribution in [3.63, 3.8) is 0 Å². The number of hydrogen-bond acceptors (Lipinski definition) is 17. The molecular weight excluding hydrogens is 510 g/mol. The summed E-state index contributed by atoms with van der Waals surface area (Å²) < 4.78 is 32.4. The number of aliphatic hydroxyl groups is 10. The van der Waals surface area contributed by atoms with Crippen molar-refractivity contribution in [2.75, 3.05) is 33.0 Å². The Morgan fingerprint density at radius 2 is 0.919 bits per heavy atom. The highest BCUT2D eigenvalue weighted by atomic mass is 16.8. The van der Waals surface area contributed by atoms with Crippen molar-refractivity contribution in [3.8, 4) is 0 Å². The Morgan fingerprint density at radius 1 is 0.514 bits per heavy atom. The molecule has 0 aromatic rings. The maximum Gasteiger partial charge on any atom is 0.187 e. The molecule has 0 aliphatic carbocycles. The van der Waals surface area contributed by atoms with Crippen LogP contribution in [-0.2, 0) is 28.4 Å². The molecule has 12 N–H and O–H groups in total. The lowest BCUT2D eigenvalue weighted by Crippen LogP contribution is -2.66. The second kappa shape index (κ2) is 13.6. The highest BCUT2D eigenvalue weighted by Gasteiger charge is 2.53. The first-order valence-electron chi connectivity index (χ1n) is 11.8. The second-order valence-electron chi connectivity index (χ2n) is 8.97. The molecule has 0 radical (unpaired) electrons. The highest BCUT2D eigenvalue weighted by Crippen LogP contribution is 2.32. The Labute approximate surface area is 211 Å². The molecule has 15 atom stereocenters. The minimum Gasteiger partial charge on any atom is -0.394 e. The molecule has 17 heteroatoms. The molecule has 0 bridgehead atoms. The van der Waals surface area contributed by atoms with Crippen molar-refractivity contribution in [1.82, 2.24) is 0 Å². The minimum atomic E-state index is -1.90. The molecule has 0 aromatic carbocycles. The fraction of sp³-hybridized carbons (Fsp3) is 1.00. The molecule has 3 fully saturated rings. The van der Waals surface area contributed by atoms with Gasteiger partial charge in [-0.1, -0.05) is 0 Å². The van der Waals surface area contributed by atoms with Gasteiger partial charge in [0, 0.05) is 6.54 Å². The predicted octanol–water partition coefficient (Wildman–Crippen LogP) is -7.59. The summed E-state index contributed by atoms with van der Waals surface area (Å²) in [7, 11) is 0. The van der Waals surface area contributed by atoms with E-state index >= 15 is 0 Å². The van der Waals surface area contributed by atoms with Gasteiger partial charge in [-0.2, -0.15) is 0 Å². The third kappa shape index (κ3) is 6.56. The Morgan fingerprint density at radius 3 is 1.38 bits per heavy atom. The number of aliphatic hydroxyl groups excluding tert-OH is 10. The van der Waals surface area contributed by atoms with Crippen LogP contribution in [0.4, 0.5) is 0 Å². The summed E-state index contributed by atoms with van der Waals surface area (Å²) in [5, 5.41) is 101. The van der Waals surface area contributed by atoms with E-state index < -0.39 is 112 Å². The Kier molecular flexibility index (Phi) is 11.3. The maximum atomic E-state index is 10.7. The van der Waals surface area contributed by atoms with Crippen LogP contribution in [0.1, 0.15) is 0 Å². The van der Waals surface area contributed by atoms with Gasteiger partial charge in [-0.05, 0) is 0 Å². The SMILES string of the molecule is NCCO[C@H]1O[C@H](CO)[C@H](O[C@H]2O[C@H](CO)[C@@H](O[C@@H]3O[C@H](CO)[C@@H](O)[C@H](O)[C@H]3O)[C@H](O)[C@H]2O)[C@H](O)[C@H]1O. The summed E-state index contributed by atoms with van der Waals surface area (Å²) >= 11 is 0. The van der Waals surface area contributed by atoms with Gasteiger partial charge in [0.25, 0.3) is 0 Å². The summed E-state index contributed by atoms with van der Waals surface area (Å²) in [5.41, 5.74) is 5.35. The topological polar surface area (TPSA) is 284 Å². The quantitative estimate of drug-likeness (QED) is 0.121. The molecule has 0 spiro atoms. The van der Waals surface area contributed by atoms with E-state index in [0.29, 0.717) is 0 Å². The van der Waals surface area contributed by atoms with E-state index in [-0.39, 0.29) is 13.2 Å². The summed E-state index contributed by atoms with van der Waals surface area (Å²) in [6.07, 6.45) is -24.2. The van der Waals surface area contributed by atoms with Gasteiger partial charge in [-0.3, -0.25) is 0 Å². The van der Waals surface area contributed by atoms with E-state index in [9.17, 15) is 51.1 Å². The van der Waals surface area contributed by atoms with Gasteiger partial charge >= 0.3 is 0 Å². The van der Waals surface area contributed by atoms with Gasteiger partial charge in [0.2, 0.25) is 0 Å². The first-order chi connectivity index (χ1) is 17.6. The predicted molar refractivity (Wildman–Crippen MR) is 114 cm³/mol. The van der Waals surface area contributed by atoms with E-state index in [2.05, 4.69) is 0 Å². The number of rotatable bonds is 10. The monoisotopic (exact) mass is 547 g/mol. The van der Waals surface area contributed by atoms with Crippen LogP contribution >= 0.6 is 0 Å². The normalized spacial score (nSPS) is 49.2. The molecule has 3 aliphatic heterocycles. The lowest BCUT2D eigenvalue weighted by atomic mass is 9.96. The van der Waals surface area contributed by atoms with Crippen molar-refractivity contribution in [2.45, 2.75) is 92.1 Å². The molecule has 3 rings (SSSR count). The largest absolute Gasteiger partial charge is 0.394 e. The molecule has 218 valence electrons. The Hall–Kier alpha value is -0.680. The van der Waals surface area contributed by atoms with Crippen molar-refractivity contribution in [1.29, 1.82) is 0 Å². The highest BCUT2D eigenvalue weighted by molar-refractivity contribution is 4.96. The second-order valence-corrected chi connectivity index (χ2v) is 8.97. The van der Waals surface area contributed by atoms with Gasteiger partial charge in [0.05, 0.1) is 26.4 Å². The molecule has 3 saturated heterocycles. The van der Waals surface area contributed by atoms with Crippen molar-refractivity contribution < 1.29 is 79.5 Å². The smallest absolute Gasteiger partial charge is 0.187 e. The fourth-order valence-electron chi connectivity index (χ4n) is 4.37. The Bertz CT molecular complexity index is 687. The zero-order chi connectivity index (χ0) is 27.4. The standard InChI is InChI=1S/C20H37NO16/c21-1-2-32-18-14(30)11(27)16(7(4-23)34-18)37-20-15(31)12(28)17(8(5-24)35-20)36-19-13(29)10(26)9(25)6(3-22)33-19/h6-20,22-31H,1-5,21H2/t6-,7-,8-,9-,10+,11-,12-,13-,14-,15-,16+,17-,18+,19+,20-/m1/s1. The van der Waals surface area contributed by atoms with Gasteiger partial charge in [0.15, 0.2) is 18.9 Å². The third-order valence-electron chi connectivity index (χ3n) is 6.47. The van der Waals surface area contributed by atoms with E-state index in [1.54, 1.807) is 0 Å². The summed E-state index contributed by atoms with van der Waals surface area (Å²) in [4.78, 5) is 0. The van der Waals surface area contributed by atoms with Crippen LogP contribution < -0.4 is 5.73 Å². The molecular formula is C20H37NO16. The Balaban J connectivity index is 1.70. The first-order valence-corrected chi connectivity index (χ1v) is 11.8. The number of nitrogens with two attached hydrogens (primary N) is 1. The van der Waals surface area contributed by atoms with Crippen LogP contribution in [0.5, 0.6) is 0 Å². The molecule has 0 aromatic heterocycles. The van der Waals surface area contributed by atoms with E-state index in [1.165, 1.54) is 0 Å². The molecule has 0 amide bonds. The van der Waals surface area contributed by atoms with Crippen molar-refractivity contribution >= 4 is 0 Å². The molecule has 3 heterocycles. The van der Waals surface area contributed by atoms with Crippen LogP contribution in [0.15, 0.2) is 0 Å². The molecule has 37 heavy (non-hydrogen) atoms. The third-order valence-corrected chi connectivity index (χ3v) is 6.47. The van der Waals surface area contributed by atoms with Crippen LogP contribution in [0.25, 0.3) is 0 Å². The van der Waals surface area contributed by atoms with E-state index in [1.807, 2.05) is 0 Å².